The van der Waals surface area contributed by atoms with Crippen molar-refractivity contribution >= 4 is 23.6 Å². The first-order chi connectivity index (χ1) is 13.8. The molecule has 1 aliphatic rings. The third-order valence-electron chi connectivity index (χ3n) is 4.62. The summed E-state index contributed by atoms with van der Waals surface area (Å²) in [5.74, 6) is -2.95. The number of esters is 1. The van der Waals surface area contributed by atoms with Crippen LogP contribution < -0.4 is 0 Å². The molecule has 0 N–H and O–H groups in total. The van der Waals surface area contributed by atoms with Crippen molar-refractivity contribution in [2.75, 3.05) is 6.61 Å². The Labute approximate surface area is 167 Å². The Morgan fingerprint density at radius 2 is 1.52 bits per heavy atom. The number of halogens is 1. The maximum absolute atomic E-state index is 13.0. The second-order valence-corrected chi connectivity index (χ2v) is 7.21. The monoisotopic (exact) mass is 397 g/mol. The molecule has 3 rings (SSSR count). The zero-order valence-corrected chi connectivity index (χ0v) is 16.1. The van der Waals surface area contributed by atoms with E-state index in [-0.39, 0.29) is 29.0 Å². The number of Topliss-reactive ketones (excluding diaryl/α,β-unsaturated/α-hetero) is 1. The van der Waals surface area contributed by atoms with Crippen LogP contribution in [0.15, 0.2) is 48.5 Å². The van der Waals surface area contributed by atoms with Crippen molar-refractivity contribution in [2.45, 2.75) is 26.3 Å². The highest BCUT2D eigenvalue weighted by Gasteiger charge is 2.43. The van der Waals surface area contributed by atoms with Crippen molar-refractivity contribution in [3.05, 3.63) is 71.0 Å². The summed E-state index contributed by atoms with van der Waals surface area (Å²) in [5.41, 5.74) is 0.670. The molecule has 0 spiro atoms. The van der Waals surface area contributed by atoms with E-state index in [1.54, 1.807) is 12.1 Å². The zero-order chi connectivity index (χ0) is 21.1. The minimum Gasteiger partial charge on any atom is -0.456 e. The van der Waals surface area contributed by atoms with Gasteiger partial charge in [0.25, 0.3) is 11.8 Å². The van der Waals surface area contributed by atoms with Gasteiger partial charge in [0, 0.05) is 5.56 Å². The van der Waals surface area contributed by atoms with Crippen molar-refractivity contribution < 1.29 is 28.3 Å². The molecule has 1 aliphatic heterocycles. The maximum atomic E-state index is 13.0. The Morgan fingerprint density at radius 3 is 2.03 bits per heavy atom. The summed E-state index contributed by atoms with van der Waals surface area (Å²) >= 11 is 0. The Bertz CT molecular complexity index is 932. The van der Waals surface area contributed by atoms with Gasteiger partial charge in [0.15, 0.2) is 12.4 Å². The van der Waals surface area contributed by atoms with Crippen LogP contribution in [-0.4, -0.2) is 41.1 Å². The zero-order valence-electron chi connectivity index (χ0n) is 16.1. The summed E-state index contributed by atoms with van der Waals surface area (Å²) in [7, 11) is 0. The summed E-state index contributed by atoms with van der Waals surface area (Å²) in [4.78, 5) is 51.3. The second kappa shape index (κ2) is 8.34. The topological polar surface area (TPSA) is 80.8 Å². The van der Waals surface area contributed by atoms with Crippen LogP contribution in [0.3, 0.4) is 0 Å². The molecular weight excluding hydrogens is 377 g/mol. The molecule has 0 aliphatic carbocycles. The summed E-state index contributed by atoms with van der Waals surface area (Å²) in [6, 6.07) is 10.1. The fourth-order valence-electron chi connectivity index (χ4n) is 3.20. The van der Waals surface area contributed by atoms with Crippen molar-refractivity contribution in [3.63, 3.8) is 0 Å². The molecule has 2 amide bonds. The van der Waals surface area contributed by atoms with Gasteiger partial charge in [-0.1, -0.05) is 26.0 Å². The van der Waals surface area contributed by atoms with E-state index < -0.39 is 42.0 Å². The van der Waals surface area contributed by atoms with Crippen LogP contribution in [0.5, 0.6) is 0 Å². The normalized spacial score (nSPS) is 14.1. The molecule has 29 heavy (non-hydrogen) atoms. The minimum absolute atomic E-state index is 0.00957. The van der Waals surface area contributed by atoms with Crippen molar-refractivity contribution in [3.8, 4) is 0 Å². The Kier molecular flexibility index (Phi) is 5.87. The summed E-state index contributed by atoms with van der Waals surface area (Å²) in [6.07, 6.45) is 0.203. The molecule has 0 fully saturated rings. The molecule has 0 unspecified atom stereocenters. The molecule has 1 heterocycles. The van der Waals surface area contributed by atoms with Gasteiger partial charge in [-0.05, 0) is 48.7 Å². The fourth-order valence-corrected chi connectivity index (χ4v) is 3.20. The van der Waals surface area contributed by atoms with Gasteiger partial charge in [0.2, 0.25) is 0 Å². The lowest BCUT2D eigenvalue weighted by Gasteiger charge is -2.25. The van der Waals surface area contributed by atoms with E-state index in [0.717, 1.165) is 17.0 Å². The maximum Gasteiger partial charge on any atom is 0.329 e. The Hall–Kier alpha value is -3.35. The van der Waals surface area contributed by atoms with Crippen LogP contribution in [0, 0.1) is 11.7 Å². The molecule has 2 aromatic carbocycles. The third kappa shape index (κ3) is 4.23. The highest BCUT2D eigenvalue weighted by atomic mass is 19.1. The van der Waals surface area contributed by atoms with Gasteiger partial charge in [-0.2, -0.15) is 0 Å². The number of imide groups is 1. The molecule has 0 saturated heterocycles. The average Bonchev–Trinajstić information content (AvgIpc) is 2.95. The number of amides is 2. The highest BCUT2D eigenvalue weighted by molar-refractivity contribution is 6.22. The van der Waals surface area contributed by atoms with E-state index in [4.69, 9.17) is 4.74 Å². The number of ketones is 1. The second-order valence-electron chi connectivity index (χ2n) is 7.21. The molecule has 0 aromatic heterocycles. The molecule has 7 heteroatoms. The SMILES string of the molecule is CC(C)C[C@@H](C(=O)OCC(=O)c1ccc(F)cc1)N1C(=O)c2ccccc2C1=O. The standard InChI is InChI=1S/C22H20FNO5/c1-13(2)11-18(24-20(26)16-5-3-4-6-17(16)21(24)27)22(28)29-12-19(25)14-7-9-15(23)10-8-14/h3-10,13,18H,11-12H2,1-2H3/t18-/m0/s1. The van der Waals surface area contributed by atoms with E-state index in [1.165, 1.54) is 24.3 Å². The smallest absolute Gasteiger partial charge is 0.329 e. The molecule has 1 atom stereocenters. The van der Waals surface area contributed by atoms with Crippen LogP contribution >= 0.6 is 0 Å². The van der Waals surface area contributed by atoms with E-state index in [0.29, 0.717) is 0 Å². The lowest BCUT2D eigenvalue weighted by atomic mass is 10.0. The quantitative estimate of drug-likeness (QED) is 0.407. The van der Waals surface area contributed by atoms with Crippen LogP contribution in [0.25, 0.3) is 0 Å². The number of hydrogen-bond donors (Lipinski definition) is 0. The van der Waals surface area contributed by atoms with Gasteiger partial charge in [-0.25, -0.2) is 9.18 Å². The third-order valence-corrected chi connectivity index (χ3v) is 4.62. The number of hydrogen-bond acceptors (Lipinski definition) is 5. The molecule has 6 nitrogen and oxygen atoms in total. The molecule has 0 bridgehead atoms. The number of fused-ring (bicyclic) bond motifs is 1. The Balaban J connectivity index is 1.76. The van der Waals surface area contributed by atoms with Gasteiger partial charge in [-0.3, -0.25) is 19.3 Å². The molecule has 0 saturated carbocycles. The molecule has 150 valence electrons. The average molecular weight is 397 g/mol. The largest absolute Gasteiger partial charge is 0.456 e. The van der Waals surface area contributed by atoms with Gasteiger partial charge < -0.3 is 4.74 Å². The fraction of sp³-hybridized carbons (Fsp3) is 0.273. The van der Waals surface area contributed by atoms with Crippen molar-refractivity contribution in [2.24, 2.45) is 5.92 Å². The molecule has 0 radical (unpaired) electrons. The van der Waals surface area contributed by atoms with E-state index in [1.807, 2.05) is 13.8 Å². The van der Waals surface area contributed by atoms with Gasteiger partial charge in [0.1, 0.15) is 11.9 Å². The lowest BCUT2D eigenvalue weighted by molar-refractivity contribution is -0.147. The van der Waals surface area contributed by atoms with Crippen LogP contribution in [-0.2, 0) is 9.53 Å². The van der Waals surface area contributed by atoms with E-state index in [9.17, 15) is 23.6 Å². The summed E-state index contributed by atoms with van der Waals surface area (Å²) in [5, 5.41) is 0. The van der Waals surface area contributed by atoms with Crippen LogP contribution in [0.4, 0.5) is 4.39 Å². The Morgan fingerprint density at radius 1 is 0.966 bits per heavy atom. The minimum atomic E-state index is -1.14. The number of carbonyl (C=O) groups excluding carboxylic acids is 4. The van der Waals surface area contributed by atoms with Crippen molar-refractivity contribution in [1.29, 1.82) is 0 Å². The first kappa shape index (κ1) is 20.4. The predicted octanol–water partition coefficient (Wildman–Crippen LogP) is 3.26. The number of carbonyl (C=O) groups is 4. The number of rotatable bonds is 7. The number of nitrogens with zero attached hydrogens (tertiary/aromatic N) is 1. The summed E-state index contributed by atoms with van der Waals surface area (Å²) < 4.78 is 18.1. The van der Waals surface area contributed by atoms with E-state index in [2.05, 4.69) is 0 Å². The number of ether oxygens (including phenoxy) is 1. The van der Waals surface area contributed by atoms with Crippen LogP contribution in [0.1, 0.15) is 51.3 Å². The van der Waals surface area contributed by atoms with Gasteiger partial charge >= 0.3 is 5.97 Å². The molecule has 2 aromatic rings. The predicted molar refractivity (Wildman–Crippen MR) is 102 cm³/mol. The van der Waals surface area contributed by atoms with Gasteiger partial charge in [-0.15, -0.1) is 0 Å². The van der Waals surface area contributed by atoms with Crippen LogP contribution in [0.2, 0.25) is 0 Å². The van der Waals surface area contributed by atoms with Crippen molar-refractivity contribution in [1.82, 2.24) is 4.90 Å². The number of benzene rings is 2. The lowest BCUT2D eigenvalue weighted by Crippen LogP contribution is -2.46. The van der Waals surface area contributed by atoms with Gasteiger partial charge in [0.05, 0.1) is 11.1 Å². The van der Waals surface area contributed by atoms with E-state index >= 15 is 0 Å². The molecular formula is C22H20FNO5. The first-order valence-corrected chi connectivity index (χ1v) is 9.22. The summed E-state index contributed by atoms with van der Waals surface area (Å²) in [6.45, 7) is 3.13. The first-order valence-electron chi connectivity index (χ1n) is 9.22. The highest BCUT2D eigenvalue weighted by Crippen LogP contribution is 2.27.